The highest BCUT2D eigenvalue weighted by molar-refractivity contribution is 5.93. The molecule has 1 heterocycles. The number of ether oxygens (including phenoxy) is 2. The van der Waals surface area contributed by atoms with Gasteiger partial charge in [0.05, 0.1) is 12.7 Å². The third kappa shape index (κ3) is 3.85. The maximum atomic E-state index is 12.0. The maximum absolute atomic E-state index is 12.0. The number of rotatable bonds is 5. The van der Waals surface area contributed by atoms with Crippen LogP contribution in [0.1, 0.15) is 23.0 Å². The number of hydrogen-bond donors (Lipinski definition) is 1. The first-order valence-corrected chi connectivity index (χ1v) is 6.59. The summed E-state index contributed by atoms with van der Waals surface area (Å²) in [4.78, 5) is 23.3. The van der Waals surface area contributed by atoms with Crippen LogP contribution < -0.4 is 10.1 Å². The summed E-state index contributed by atoms with van der Waals surface area (Å²) in [5, 5.41) is 6.25. The van der Waals surface area contributed by atoms with Gasteiger partial charge in [-0.3, -0.25) is 4.79 Å². The van der Waals surface area contributed by atoms with Gasteiger partial charge in [-0.15, -0.1) is 0 Å². The number of nitrogens with zero attached hydrogens (tertiary/aromatic N) is 1. The number of carbonyl (C=O) groups is 2. The molecule has 1 unspecified atom stereocenters. The highest BCUT2D eigenvalue weighted by atomic mass is 16.5. The van der Waals surface area contributed by atoms with Crippen LogP contribution in [0, 0.1) is 6.92 Å². The van der Waals surface area contributed by atoms with E-state index in [-0.39, 0.29) is 5.91 Å². The van der Waals surface area contributed by atoms with Crippen molar-refractivity contribution in [3.05, 3.63) is 41.7 Å². The Balaban J connectivity index is 1.94. The summed E-state index contributed by atoms with van der Waals surface area (Å²) in [6, 6.07) is 7.92. The van der Waals surface area contributed by atoms with Crippen LogP contribution in [-0.2, 0) is 9.53 Å². The van der Waals surface area contributed by atoms with Gasteiger partial charge in [0.1, 0.15) is 11.5 Å². The van der Waals surface area contributed by atoms with Crippen molar-refractivity contribution in [1.29, 1.82) is 0 Å². The van der Waals surface area contributed by atoms with E-state index in [1.54, 1.807) is 44.2 Å². The zero-order valence-electron chi connectivity index (χ0n) is 12.5. The van der Waals surface area contributed by atoms with Gasteiger partial charge < -0.3 is 19.3 Å². The standard InChI is InChI=1S/C15H16N2O5/c1-9-8-13(17-22-9)16-14(18)10(2)21-12-6-4-11(5-7-12)15(19)20-3/h4-8,10H,1-3H3,(H,16,17,18). The molecule has 116 valence electrons. The summed E-state index contributed by atoms with van der Waals surface area (Å²) in [6.45, 7) is 3.34. The molecule has 0 saturated heterocycles. The number of esters is 1. The molecule has 2 rings (SSSR count). The van der Waals surface area contributed by atoms with Gasteiger partial charge in [-0.2, -0.15) is 0 Å². The Hall–Kier alpha value is -2.83. The van der Waals surface area contributed by atoms with E-state index in [0.717, 1.165) is 0 Å². The molecule has 1 atom stereocenters. The summed E-state index contributed by atoms with van der Waals surface area (Å²) in [6.07, 6.45) is -0.735. The fourth-order valence-electron chi connectivity index (χ4n) is 1.70. The van der Waals surface area contributed by atoms with Gasteiger partial charge >= 0.3 is 5.97 Å². The summed E-state index contributed by atoms with van der Waals surface area (Å²) in [5.41, 5.74) is 0.407. The Labute approximate surface area is 127 Å². The van der Waals surface area contributed by atoms with E-state index < -0.39 is 12.1 Å². The Morgan fingerprint density at radius 2 is 1.95 bits per heavy atom. The molecule has 7 heteroatoms. The van der Waals surface area contributed by atoms with Crippen LogP contribution in [-0.4, -0.2) is 30.2 Å². The molecule has 0 fully saturated rings. The third-order valence-corrected chi connectivity index (χ3v) is 2.84. The highest BCUT2D eigenvalue weighted by Crippen LogP contribution is 2.15. The van der Waals surface area contributed by atoms with Crippen LogP contribution in [0.5, 0.6) is 5.75 Å². The number of hydrogen-bond acceptors (Lipinski definition) is 6. The summed E-state index contributed by atoms with van der Waals surface area (Å²) >= 11 is 0. The average Bonchev–Trinajstić information content (AvgIpc) is 2.92. The van der Waals surface area contributed by atoms with Crippen molar-refractivity contribution in [2.45, 2.75) is 20.0 Å². The minimum Gasteiger partial charge on any atom is -0.481 e. The number of anilines is 1. The lowest BCUT2D eigenvalue weighted by atomic mass is 10.2. The minimum atomic E-state index is -0.735. The van der Waals surface area contributed by atoms with E-state index >= 15 is 0 Å². The van der Waals surface area contributed by atoms with Crippen molar-refractivity contribution >= 4 is 17.7 Å². The molecule has 1 aromatic heterocycles. The van der Waals surface area contributed by atoms with Crippen LogP contribution in [0.25, 0.3) is 0 Å². The molecule has 0 radical (unpaired) electrons. The number of amides is 1. The van der Waals surface area contributed by atoms with Crippen LogP contribution in [0.15, 0.2) is 34.9 Å². The summed E-state index contributed by atoms with van der Waals surface area (Å²) in [7, 11) is 1.31. The molecule has 0 spiro atoms. The van der Waals surface area contributed by atoms with E-state index in [9.17, 15) is 9.59 Å². The van der Waals surface area contributed by atoms with Crippen molar-refractivity contribution in [2.75, 3.05) is 12.4 Å². The quantitative estimate of drug-likeness (QED) is 0.851. The topological polar surface area (TPSA) is 90.7 Å². The number of aryl methyl sites for hydroxylation is 1. The molecule has 0 bridgehead atoms. The minimum absolute atomic E-state index is 0.332. The monoisotopic (exact) mass is 304 g/mol. The van der Waals surface area contributed by atoms with Crippen molar-refractivity contribution < 1.29 is 23.6 Å². The molecule has 1 N–H and O–H groups in total. The molecule has 1 amide bonds. The van der Waals surface area contributed by atoms with Crippen molar-refractivity contribution in [3.8, 4) is 5.75 Å². The summed E-state index contributed by atoms with van der Waals surface area (Å²) < 4.78 is 15.0. The number of aromatic nitrogens is 1. The highest BCUT2D eigenvalue weighted by Gasteiger charge is 2.16. The largest absolute Gasteiger partial charge is 0.481 e. The van der Waals surface area contributed by atoms with Gasteiger partial charge in [-0.05, 0) is 38.1 Å². The van der Waals surface area contributed by atoms with Gasteiger partial charge in [0, 0.05) is 6.07 Å². The lowest BCUT2D eigenvalue weighted by Gasteiger charge is -2.13. The van der Waals surface area contributed by atoms with Crippen LogP contribution in [0.4, 0.5) is 5.82 Å². The Morgan fingerprint density at radius 1 is 1.27 bits per heavy atom. The van der Waals surface area contributed by atoms with Gasteiger partial charge in [0.25, 0.3) is 5.91 Å². The van der Waals surface area contributed by atoms with Crippen molar-refractivity contribution in [3.63, 3.8) is 0 Å². The van der Waals surface area contributed by atoms with E-state index in [2.05, 4.69) is 15.2 Å². The predicted octanol–water partition coefficient (Wildman–Crippen LogP) is 2.18. The first-order chi connectivity index (χ1) is 10.5. The molecule has 1 aromatic carbocycles. The molecule has 0 aliphatic heterocycles. The molecule has 7 nitrogen and oxygen atoms in total. The van der Waals surface area contributed by atoms with Gasteiger partial charge in [0.15, 0.2) is 11.9 Å². The number of benzene rings is 1. The van der Waals surface area contributed by atoms with Crippen LogP contribution in [0.2, 0.25) is 0 Å². The molecular weight excluding hydrogens is 288 g/mol. The predicted molar refractivity (Wildman–Crippen MR) is 77.7 cm³/mol. The Bertz CT molecular complexity index is 663. The molecular formula is C15H16N2O5. The fraction of sp³-hybridized carbons (Fsp3) is 0.267. The summed E-state index contributed by atoms with van der Waals surface area (Å²) in [5.74, 6) is 0.608. The third-order valence-electron chi connectivity index (χ3n) is 2.84. The zero-order chi connectivity index (χ0) is 16.1. The van der Waals surface area contributed by atoms with Crippen molar-refractivity contribution in [2.24, 2.45) is 0 Å². The second-order valence-electron chi connectivity index (χ2n) is 4.59. The molecule has 2 aromatic rings. The van der Waals surface area contributed by atoms with Gasteiger partial charge in [0.2, 0.25) is 0 Å². The van der Waals surface area contributed by atoms with Crippen LogP contribution >= 0.6 is 0 Å². The van der Waals surface area contributed by atoms with E-state index in [4.69, 9.17) is 9.26 Å². The van der Waals surface area contributed by atoms with E-state index in [0.29, 0.717) is 22.9 Å². The number of nitrogens with one attached hydrogen (secondary N) is 1. The molecule has 0 saturated carbocycles. The average molecular weight is 304 g/mol. The fourth-order valence-corrected chi connectivity index (χ4v) is 1.70. The molecule has 0 aliphatic carbocycles. The first kappa shape index (κ1) is 15.6. The van der Waals surface area contributed by atoms with Crippen molar-refractivity contribution in [1.82, 2.24) is 5.16 Å². The smallest absolute Gasteiger partial charge is 0.337 e. The Morgan fingerprint density at radius 3 is 2.50 bits per heavy atom. The van der Waals surface area contributed by atoms with E-state index in [1.807, 2.05) is 0 Å². The number of methoxy groups -OCH3 is 1. The second-order valence-corrected chi connectivity index (χ2v) is 4.59. The normalized spacial score (nSPS) is 11.6. The molecule has 0 aliphatic rings. The van der Waals surface area contributed by atoms with Gasteiger partial charge in [-0.1, -0.05) is 5.16 Å². The second kappa shape index (κ2) is 6.75. The zero-order valence-corrected chi connectivity index (χ0v) is 12.5. The van der Waals surface area contributed by atoms with E-state index in [1.165, 1.54) is 7.11 Å². The number of carbonyl (C=O) groups excluding carboxylic acids is 2. The first-order valence-electron chi connectivity index (χ1n) is 6.59. The SMILES string of the molecule is COC(=O)c1ccc(OC(C)C(=O)Nc2cc(C)on2)cc1. The lowest BCUT2D eigenvalue weighted by molar-refractivity contribution is -0.122. The Kier molecular flexibility index (Phi) is 4.77. The maximum Gasteiger partial charge on any atom is 0.337 e. The molecule has 22 heavy (non-hydrogen) atoms. The lowest BCUT2D eigenvalue weighted by Crippen LogP contribution is -2.30. The van der Waals surface area contributed by atoms with Gasteiger partial charge in [-0.25, -0.2) is 4.79 Å². The van der Waals surface area contributed by atoms with Crippen LogP contribution in [0.3, 0.4) is 0 Å².